The fourth-order valence-corrected chi connectivity index (χ4v) is 3.99. The van der Waals surface area contributed by atoms with Gasteiger partial charge in [-0.2, -0.15) is 0 Å². The molecule has 1 aromatic heterocycles. The summed E-state index contributed by atoms with van der Waals surface area (Å²) < 4.78 is 7.04. The van der Waals surface area contributed by atoms with E-state index in [2.05, 4.69) is 35.1 Å². The molecule has 3 N–H and O–H groups in total. The fraction of sp³-hybridized carbons (Fsp3) is 0.609. The maximum absolute atomic E-state index is 12.4. The molecule has 1 unspecified atom stereocenters. The normalized spacial score (nSPS) is 11.9. The molecule has 0 aliphatic heterocycles. The highest BCUT2D eigenvalue weighted by atomic mass is 32.1. The molecule has 2 aromatic rings. The Labute approximate surface area is 200 Å². The van der Waals surface area contributed by atoms with Crippen molar-refractivity contribution < 1.29 is 19.4 Å². The summed E-state index contributed by atoms with van der Waals surface area (Å²) in [5.41, 5.74) is 6.85. The Morgan fingerprint density at radius 1 is 1.09 bits per heavy atom. The fourth-order valence-electron chi connectivity index (χ4n) is 3.74. The average Bonchev–Trinajstić information content (AvgIpc) is 3.20. The quantitative estimate of drug-likeness (QED) is 0.175. The van der Waals surface area contributed by atoms with Crippen LogP contribution in [0.5, 0.6) is 5.75 Å². The maximum atomic E-state index is 12.4. The lowest BCUT2D eigenvalue weighted by Gasteiger charge is -2.18. The summed E-state index contributed by atoms with van der Waals surface area (Å²) in [5, 5.41) is 19.7. The minimum absolute atomic E-state index is 0.0757. The van der Waals surface area contributed by atoms with Gasteiger partial charge < -0.3 is 15.6 Å². The van der Waals surface area contributed by atoms with E-state index in [1.54, 1.807) is 18.2 Å². The molecule has 0 radical (unpaired) electrons. The van der Waals surface area contributed by atoms with E-state index in [0.29, 0.717) is 23.6 Å². The maximum Gasteiger partial charge on any atom is 0.325 e. The highest BCUT2D eigenvalue weighted by molar-refractivity contribution is 7.96. The Hall–Kier alpha value is -2.62. The Bertz CT molecular complexity index is 889. The van der Waals surface area contributed by atoms with Gasteiger partial charge in [0.05, 0.1) is 6.61 Å². The number of tetrazole rings is 1. The summed E-state index contributed by atoms with van der Waals surface area (Å²) in [6, 6.07) is 5.01. The van der Waals surface area contributed by atoms with Crippen LogP contribution < -0.4 is 10.5 Å². The van der Waals surface area contributed by atoms with E-state index < -0.39 is 23.5 Å². The molecule has 182 valence electrons. The number of carbonyl (C=O) groups is 2. The number of nitrogen functional groups attached to an aromatic ring is 1. The van der Waals surface area contributed by atoms with Gasteiger partial charge in [-0.05, 0) is 35.0 Å². The average molecular weight is 478 g/mol. The minimum atomic E-state index is -1.13. The van der Waals surface area contributed by atoms with Crippen molar-refractivity contribution in [1.82, 2.24) is 20.2 Å². The van der Waals surface area contributed by atoms with Crippen LogP contribution in [-0.4, -0.2) is 43.0 Å². The van der Waals surface area contributed by atoms with Crippen molar-refractivity contribution in [3.05, 3.63) is 29.6 Å². The summed E-state index contributed by atoms with van der Waals surface area (Å²) in [5.74, 6) is -1.57. The molecular weight excluding hydrogens is 442 g/mol. The number of nitrogens with two attached hydrogens (primary N) is 1. The van der Waals surface area contributed by atoms with Crippen molar-refractivity contribution in [1.29, 1.82) is 0 Å². The second-order valence-electron chi connectivity index (χ2n) is 8.19. The molecule has 0 fully saturated rings. The Kier molecular flexibility index (Phi) is 11.7. The topological polar surface area (TPSA) is 133 Å². The summed E-state index contributed by atoms with van der Waals surface area (Å²) in [4.78, 5) is 23.5. The van der Waals surface area contributed by atoms with E-state index in [1.807, 2.05) is 0 Å². The molecule has 0 amide bonds. The van der Waals surface area contributed by atoms with Crippen LogP contribution in [0.15, 0.2) is 18.2 Å². The third kappa shape index (κ3) is 9.03. The first-order valence-electron chi connectivity index (χ1n) is 11.7. The Morgan fingerprint density at radius 3 is 2.33 bits per heavy atom. The van der Waals surface area contributed by atoms with E-state index in [4.69, 9.17) is 15.6 Å². The van der Waals surface area contributed by atoms with Gasteiger partial charge in [0.1, 0.15) is 18.2 Å². The number of carboxylic acid groups (broad SMARTS) is 1. The molecule has 1 aromatic carbocycles. The Morgan fingerprint density at radius 2 is 1.73 bits per heavy atom. The number of rotatable bonds is 17. The predicted octanol–water partition coefficient (Wildman–Crippen LogP) is 4.23. The van der Waals surface area contributed by atoms with Gasteiger partial charge >= 0.3 is 5.97 Å². The smallest absolute Gasteiger partial charge is 0.325 e. The zero-order chi connectivity index (χ0) is 24.1. The number of benzene rings is 1. The van der Waals surface area contributed by atoms with Crippen molar-refractivity contribution in [3.8, 4) is 5.75 Å². The summed E-state index contributed by atoms with van der Waals surface area (Å²) in [7, 11) is 0. The van der Waals surface area contributed by atoms with Crippen LogP contribution in [0.4, 0.5) is 5.69 Å². The number of hydrogen-bond donors (Lipinski definition) is 3. The zero-order valence-corrected chi connectivity index (χ0v) is 20.2. The van der Waals surface area contributed by atoms with Gasteiger partial charge in [-0.3, -0.25) is 9.59 Å². The molecule has 9 nitrogen and oxygen atoms in total. The molecule has 0 aliphatic carbocycles. The number of aliphatic carboxylic acids is 1. The predicted molar refractivity (Wildman–Crippen MR) is 129 cm³/mol. The highest BCUT2D eigenvalue weighted by Crippen LogP contribution is 2.34. The van der Waals surface area contributed by atoms with Gasteiger partial charge in [0.25, 0.3) is 0 Å². The van der Waals surface area contributed by atoms with Crippen LogP contribution in [0.2, 0.25) is 0 Å². The van der Waals surface area contributed by atoms with Crippen LogP contribution in [0.1, 0.15) is 88.4 Å². The van der Waals surface area contributed by atoms with E-state index >= 15 is 0 Å². The molecular formula is C23H35N5O4S. The number of nitrogens with zero attached hydrogens (tertiary/aromatic N) is 4. The lowest BCUT2D eigenvalue weighted by molar-refractivity contribution is -0.138. The van der Waals surface area contributed by atoms with Crippen LogP contribution >= 0.6 is 12.6 Å². The van der Waals surface area contributed by atoms with Gasteiger partial charge in [-0.25, -0.2) is 4.68 Å². The summed E-state index contributed by atoms with van der Waals surface area (Å²) in [6.45, 7) is 2.26. The monoisotopic (exact) mass is 477 g/mol. The summed E-state index contributed by atoms with van der Waals surface area (Å²) in [6.07, 6.45) is 12.3. The molecule has 1 atom stereocenters. The molecule has 10 heteroatoms. The van der Waals surface area contributed by atoms with E-state index in [-0.39, 0.29) is 5.82 Å². The third-order valence-corrected chi connectivity index (χ3v) is 5.71. The van der Waals surface area contributed by atoms with Gasteiger partial charge in [0.2, 0.25) is 5.12 Å². The van der Waals surface area contributed by atoms with Crippen molar-refractivity contribution >= 4 is 29.4 Å². The van der Waals surface area contributed by atoms with Gasteiger partial charge in [0.15, 0.2) is 5.82 Å². The number of thiol groups is 1. The zero-order valence-electron chi connectivity index (χ0n) is 19.3. The lowest BCUT2D eigenvalue weighted by atomic mass is 9.97. The number of aromatic nitrogens is 4. The second-order valence-corrected chi connectivity index (χ2v) is 8.63. The van der Waals surface area contributed by atoms with Gasteiger partial charge in [0, 0.05) is 11.3 Å². The number of hydrogen-bond acceptors (Lipinski definition) is 7. The Balaban J connectivity index is 1.94. The molecule has 1 heterocycles. The molecule has 2 rings (SSSR count). The van der Waals surface area contributed by atoms with Crippen molar-refractivity contribution in [3.63, 3.8) is 0 Å². The van der Waals surface area contributed by atoms with E-state index in [9.17, 15) is 9.59 Å². The van der Waals surface area contributed by atoms with Crippen LogP contribution in [0, 0.1) is 0 Å². The summed E-state index contributed by atoms with van der Waals surface area (Å²) >= 11 is 4.00. The van der Waals surface area contributed by atoms with Gasteiger partial charge in [-0.15, -0.1) is 17.7 Å². The van der Waals surface area contributed by atoms with Crippen molar-refractivity contribution in [2.24, 2.45) is 0 Å². The first kappa shape index (κ1) is 26.6. The number of anilines is 1. The first-order chi connectivity index (χ1) is 15.9. The molecule has 0 aliphatic rings. The molecule has 0 spiro atoms. The number of unbranched alkanes of at least 4 members (excludes halogenated alkanes) is 9. The SMILES string of the molecule is CCCCCCCCCCCCOc1ccc(N)cc1C(C(=O)S)c1nnnn1CC(=O)O. The molecule has 0 bridgehead atoms. The van der Waals surface area contributed by atoms with Crippen LogP contribution in [0.3, 0.4) is 0 Å². The molecule has 0 saturated heterocycles. The lowest BCUT2D eigenvalue weighted by Crippen LogP contribution is -2.20. The van der Waals surface area contributed by atoms with Crippen molar-refractivity contribution in [2.45, 2.75) is 83.6 Å². The van der Waals surface area contributed by atoms with Crippen molar-refractivity contribution in [2.75, 3.05) is 12.3 Å². The number of carbonyl (C=O) groups excluding carboxylic acids is 1. The standard InChI is InChI=1S/C23H35N5O4S/c1-2-3-4-5-6-7-8-9-10-11-14-32-19-13-12-17(24)15-18(19)21(23(31)33)22-25-26-27-28(22)16-20(29)30/h12-13,15,21H,2-11,14,16,24H2,1H3,(H,29,30)(H,31,33). The molecule has 0 saturated carbocycles. The van der Waals surface area contributed by atoms with Gasteiger partial charge in [-0.1, -0.05) is 64.7 Å². The number of carboxylic acids is 1. The van der Waals surface area contributed by atoms with Crippen LogP contribution in [0.25, 0.3) is 0 Å². The largest absolute Gasteiger partial charge is 0.493 e. The highest BCUT2D eigenvalue weighted by Gasteiger charge is 2.30. The van der Waals surface area contributed by atoms with E-state index in [0.717, 1.165) is 17.5 Å². The second kappa shape index (κ2) is 14.5. The molecule has 33 heavy (non-hydrogen) atoms. The first-order valence-corrected chi connectivity index (χ1v) is 12.1. The minimum Gasteiger partial charge on any atom is -0.493 e. The third-order valence-electron chi connectivity index (χ3n) is 5.45. The number of ether oxygens (including phenoxy) is 1. The van der Waals surface area contributed by atoms with Crippen LogP contribution in [-0.2, 0) is 16.1 Å². The van der Waals surface area contributed by atoms with E-state index in [1.165, 1.54) is 51.4 Å².